The van der Waals surface area contributed by atoms with Crippen LogP contribution in [0.15, 0.2) is 23.8 Å². The Morgan fingerprint density at radius 2 is 2.36 bits per heavy atom. The molecular formula is C12H16N5O7P. The molecule has 3 rings (SSSR count). The average molecular weight is 373 g/mol. The van der Waals surface area contributed by atoms with Gasteiger partial charge in [-0.15, -0.1) is 0 Å². The van der Waals surface area contributed by atoms with Crippen molar-refractivity contribution in [3.05, 3.63) is 29.3 Å². The van der Waals surface area contributed by atoms with Gasteiger partial charge in [0.2, 0.25) is 5.95 Å². The monoisotopic (exact) mass is 373 g/mol. The Morgan fingerprint density at radius 3 is 3.00 bits per heavy atom. The second-order valence-corrected chi connectivity index (χ2v) is 7.10. The first-order valence-corrected chi connectivity index (χ1v) is 8.84. The first kappa shape index (κ1) is 17.7. The fraction of sp³-hybridized carbons (Fsp3) is 0.417. The number of rotatable bonds is 5. The first-order valence-electron chi connectivity index (χ1n) is 7.04. The van der Waals surface area contributed by atoms with Crippen LogP contribution < -0.4 is 11.3 Å². The molecule has 2 aromatic heterocycles. The molecule has 0 spiro atoms. The van der Waals surface area contributed by atoms with Crippen LogP contribution in [0.1, 0.15) is 12.6 Å². The van der Waals surface area contributed by atoms with E-state index in [0.29, 0.717) is 0 Å². The first-order chi connectivity index (χ1) is 11.6. The predicted octanol–water partition coefficient (Wildman–Crippen LogP) is -0.984. The predicted molar refractivity (Wildman–Crippen MR) is 84.2 cm³/mol. The number of nitrogen functional groups attached to an aromatic ring is 1. The van der Waals surface area contributed by atoms with E-state index in [2.05, 4.69) is 21.5 Å². The van der Waals surface area contributed by atoms with Crippen molar-refractivity contribution in [1.82, 2.24) is 19.5 Å². The summed E-state index contributed by atoms with van der Waals surface area (Å²) in [6.45, 7) is 3.53. The van der Waals surface area contributed by atoms with Crippen LogP contribution in [-0.4, -0.2) is 52.7 Å². The second-order valence-electron chi connectivity index (χ2n) is 5.51. The van der Waals surface area contributed by atoms with Gasteiger partial charge < -0.3 is 30.1 Å². The van der Waals surface area contributed by atoms with E-state index in [1.807, 2.05) is 0 Å². The number of aliphatic hydroxyl groups excluding tert-OH is 1. The van der Waals surface area contributed by atoms with E-state index in [9.17, 15) is 14.5 Å². The third-order valence-corrected chi connectivity index (χ3v) is 4.12. The summed E-state index contributed by atoms with van der Waals surface area (Å²) in [6, 6.07) is 0. The van der Waals surface area contributed by atoms with Crippen molar-refractivity contribution in [2.24, 2.45) is 0 Å². The molecular weight excluding hydrogens is 357 g/mol. The van der Waals surface area contributed by atoms with Gasteiger partial charge in [0.1, 0.15) is 6.10 Å². The summed E-state index contributed by atoms with van der Waals surface area (Å²) < 4.78 is 23.1. The molecule has 13 heteroatoms. The summed E-state index contributed by atoms with van der Waals surface area (Å²) in [7, 11) is -4.45. The molecule has 0 aromatic carbocycles. The standard InChI is InChI=1S/C12H16N5O7P/c1-2-12(23-5-25(20,21)22)3-6(18)10(24-12)17-4-14-7-8(17)15-11(13)16-9(7)19/h2,4,6,10,18H,1,3,5H2,(H2,20,21,22)(H3,13,15,16,19). The molecule has 0 saturated carbocycles. The van der Waals surface area contributed by atoms with Crippen molar-refractivity contribution < 1.29 is 28.9 Å². The SMILES string of the molecule is C=CC1(OCP(=O)(O)O)CC(O)C(n2cnc3c(=O)[nH]c(N)nc32)O1. The minimum Gasteiger partial charge on any atom is -0.388 e. The number of hydrogen-bond donors (Lipinski definition) is 5. The van der Waals surface area contributed by atoms with E-state index in [-0.39, 0.29) is 23.5 Å². The number of ether oxygens (including phenoxy) is 2. The number of nitrogens with zero attached hydrogens (tertiary/aromatic N) is 3. The number of aromatic amines is 1. The van der Waals surface area contributed by atoms with Gasteiger partial charge in [-0.3, -0.25) is 18.9 Å². The molecule has 3 heterocycles. The highest BCUT2D eigenvalue weighted by atomic mass is 31.2. The number of imidazole rings is 1. The highest BCUT2D eigenvalue weighted by Gasteiger charge is 2.47. The summed E-state index contributed by atoms with van der Waals surface area (Å²) in [5.74, 6) is -1.76. The molecule has 0 radical (unpaired) electrons. The minimum absolute atomic E-state index is 0.00256. The molecule has 1 aliphatic rings. The lowest BCUT2D eigenvalue weighted by atomic mass is 10.1. The number of hydrogen-bond acceptors (Lipinski definition) is 8. The minimum atomic E-state index is -4.45. The maximum Gasteiger partial charge on any atom is 0.351 e. The van der Waals surface area contributed by atoms with Gasteiger partial charge in [-0.25, -0.2) is 4.98 Å². The summed E-state index contributed by atoms with van der Waals surface area (Å²) in [6.07, 6.45) is -0.835. The largest absolute Gasteiger partial charge is 0.388 e. The fourth-order valence-electron chi connectivity index (χ4n) is 2.57. The molecule has 1 fully saturated rings. The van der Waals surface area contributed by atoms with E-state index < -0.39 is 37.6 Å². The molecule has 0 bridgehead atoms. The number of H-pyrrole nitrogens is 1. The Morgan fingerprint density at radius 1 is 1.64 bits per heavy atom. The van der Waals surface area contributed by atoms with Crippen LogP contribution in [0.2, 0.25) is 0 Å². The molecule has 136 valence electrons. The van der Waals surface area contributed by atoms with Crippen molar-refractivity contribution in [2.75, 3.05) is 12.1 Å². The zero-order chi connectivity index (χ0) is 18.4. The van der Waals surface area contributed by atoms with E-state index in [4.69, 9.17) is 25.0 Å². The van der Waals surface area contributed by atoms with Crippen molar-refractivity contribution in [1.29, 1.82) is 0 Å². The van der Waals surface area contributed by atoms with E-state index in [1.54, 1.807) is 0 Å². The molecule has 1 saturated heterocycles. The maximum absolute atomic E-state index is 11.8. The Kier molecular flexibility index (Phi) is 4.27. The lowest BCUT2D eigenvalue weighted by molar-refractivity contribution is -0.200. The van der Waals surface area contributed by atoms with Crippen molar-refractivity contribution >= 4 is 24.7 Å². The number of fused-ring (bicyclic) bond motifs is 1. The lowest BCUT2D eigenvalue weighted by Crippen LogP contribution is -2.30. The lowest BCUT2D eigenvalue weighted by Gasteiger charge is -2.26. The van der Waals surface area contributed by atoms with Gasteiger partial charge in [0.05, 0.1) is 6.33 Å². The number of nitrogens with two attached hydrogens (primary N) is 1. The summed E-state index contributed by atoms with van der Waals surface area (Å²) in [5.41, 5.74) is 5.05. The summed E-state index contributed by atoms with van der Waals surface area (Å²) in [4.78, 5) is 39.9. The van der Waals surface area contributed by atoms with Gasteiger partial charge in [-0.1, -0.05) is 6.58 Å². The molecule has 1 aliphatic heterocycles. The van der Waals surface area contributed by atoms with Crippen LogP contribution >= 0.6 is 7.60 Å². The van der Waals surface area contributed by atoms with Gasteiger partial charge in [-0.05, 0) is 6.08 Å². The fourth-order valence-corrected chi connectivity index (χ4v) is 2.96. The van der Waals surface area contributed by atoms with Gasteiger partial charge in [0.15, 0.2) is 29.5 Å². The van der Waals surface area contributed by atoms with Gasteiger partial charge >= 0.3 is 7.60 Å². The molecule has 3 unspecified atom stereocenters. The molecule has 6 N–H and O–H groups in total. The van der Waals surface area contributed by atoms with Crippen molar-refractivity contribution in [2.45, 2.75) is 24.5 Å². The normalized spacial score (nSPS) is 27.0. The third-order valence-electron chi connectivity index (χ3n) is 3.66. The van der Waals surface area contributed by atoms with Crippen molar-refractivity contribution in [3.8, 4) is 0 Å². The number of anilines is 1. The molecule has 2 aromatic rings. The highest BCUT2D eigenvalue weighted by molar-refractivity contribution is 7.51. The topological polar surface area (TPSA) is 186 Å². The Labute approximate surface area is 140 Å². The number of nitrogens with one attached hydrogen (secondary N) is 1. The van der Waals surface area contributed by atoms with Crippen LogP contribution in [0, 0.1) is 0 Å². The quantitative estimate of drug-likeness (QED) is 0.322. The van der Waals surface area contributed by atoms with E-state index in [1.165, 1.54) is 17.0 Å². The van der Waals surface area contributed by atoms with Crippen LogP contribution in [0.25, 0.3) is 11.2 Å². The van der Waals surface area contributed by atoms with Crippen LogP contribution in [0.5, 0.6) is 0 Å². The van der Waals surface area contributed by atoms with Crippen LogP contribution in [-0.2, 0) is 14.0 Å². The van der Waals surface area contributed by atoms with Gasteiger partial charge in [0, 0.05) is 6.42 Å². The molecule has 3 atom stereocenters. The van der Waals surface area contributed by atoms with Gasteiger partial charge in [0.25, 0.3) is 5.56 Å². The zero-order valence-corrected chi connectivity index (χ0v) is 13.7. The second kappa shape index (κ2) is 6.02. The maximum atomic E-state index is 11.8. The zero-order valence-electron chi connectivity index (χ0n) is 12.8. The van der Waals surface area contributed by atoms with E-state index in [0.717, 1.165) is 0 Å². The van der Waals surface area contributed by atoms with Crippen LogP contribution in [0.3, 0.4) is 0 Å². The summed E-state index contributed by atoms with van der Waals surface area (Å²) >= 11 is 0. The van der Waals surface area contributed by atoms with Crippen LogP contribution in [0.4, 0.5) is 5.95 Å². The van der Waals surface area contributed by atoms with Crippen molar-refractivity contribution in [3.63, 3.8) is 0 Å². The smallest absolute Gasteiger partial charge is 0.351 e. The molecule has 12 nitrogen and oxygen atoms in total. The number of aromatic nitrogens is 4. The Bertz CT molecular complexity index is 920. The van der Waals surface area contributed by atoms with E-state index >= 15 is 0 Å². The average Bonchev–Trinajstić information content (AvgIpc) is 3.06. The Balaban J connectivity index is 1.95. The number of aliphatic hydroxyl groups is 1. The summed E-state index contributed by atoms with van der Waals surface area (Å²) in [5, 5.41) is 10.3. The molecule has 0 aliphatic carbocycles. The van der Waals surface area contributed by atoms with Gasteiger partial charge in [-0.2, -0.15) is 4.98 Å². The molecule has 25 heavy (non-hydrogen) atoms. The highest BCUT2D eigenvalue weighted by Crippen LogP contribution is 2.43. The molecule has 0 amide bonds. The Hall–Kier alpha value is -2.08. The third kappa shape index (κ3) is 3.35.